The molecule has 2 aromatic carbocycles. The van der Waals surface area contributed by atoms with Crippen molar-refractivity contribution in [1.82, 2.24) is 4.72 Å². The monoisotopic (exact) mass is 331 g/mol. The Hall–Kier alpha value is -1.50. The molecule has 0 aliphatic heterocycles. The molecule has 1 atom stereocenters. The Bertz CT molecular complexity index is 765. The zero-order valence-electron chi connectivity index (χ0n) is 11.0. The van der Waals surface area contributed by atoms with Crippen LogP contribution in [0, 0.1) is 11.6 Å². The van der Waals surface area contributed by atoms with E-state index in [1.807, 2.05) is 0 Å². The molecular weight excluding hydrogens is 320 g/mol. The third-order valence-electron chi connectivity index (χ3n) is 2.86. The molecule has 0 saturated heterocycles. The average molecular weight is 332 g/mol. The largest absolute Gasteiger partial charge is 0.244 e. The number of nitrogens with one attached hydrogen (secondary N) is 1. The molecule has 0 aromatic heterocycles. The van der Waals surface area contributed by atoms with Crippen LogP contribution < -0.4 is 4.72 Å². The minimum absolute atomic E-state index is 0.454. The van der Waals surface area contributed by atoms with E-state index in [1.165, 1.54) is 0 Å². The maximum absolute atomic E-state index is 13.6. The molecule has 0 aliphatic carbocycles. The standard InChI is InChI=1S/C14H12ClF2NO2S/c1-9(10-3-2-4-11(15)7-10)18-21(19,20)14-8-12(16)5-6-13(14)17/h2-9,18H,1H3/t9-/m1/s1. The Morgan fingerprint density at radius 1 is 1.14 bits per heavy atom. The van der Waals surface area contributed by atoms with Crippen LogP contribution in [0.15, 0.2) is 47.4 Å². The van der Waals surface area contributed by atoms with Gasteiger partial charge in [-0.25, -0.2) is 21.9 Å². The van der Waals surface area contributed by atoms with E-state index in [0.717, 1.165) is 12.1 Å². The van der Waals surface area contributed by atoms with E-state index in [-0.39, 0.29) is 0 Å². The van der Waals surface area contributed by atoms with Gasteiger partial charge in [0, 0.05) is 11.1 Å². The fourth-order valence-corrected chi connectivity index (χ4v) is 3.34. The second-order valence-electron chi connectivity index (χ2n) is 4.47. The molecule has 0 unspecified atom stereocenters. The van der Waals surface area contributed by atoms with E-state index in [2.05, 4.69) is 4.72 Å². The summed E-state index contributed by atoms with van der Waals surface area (Å²) in [6.07, 6.45) is 0. The van der Waals surface area contributed by atoms with Crippen molar-refractivity contribution in [2.24, 2.45) is 0 Å². The van der Waals surface area contributed by atoms with E-state index >= 15 is 0 Å². The van der Waals surface area contributed by atoms with Crippen LogP contribution in [0.5, 0.6) is 0 Å². The topological polar surface area (TPSA) is 46.2 Å². The summed E-state index contributed by atoms with van der Waals surface area (Å²) in [6, 6.07) is 8.23. The second-order valence-corrected chi connectivity index (χ2v) is 6.59. The van der Waals surface area contributed by atoms with Gasteiger partial charge in [-0.15, -0.1) is 0 Å². The van der Waals surface area contributed by atoms with Crippen molar-refractivity contribution < 1.29 is 17.2 Å². The maximum Gasteiger partial charge on any atom is 0.244 e. The molecule has 0 spiro atoms. The predicted molar refractivity (Wildman–Crippen MR) is 76.5 cm³/mol. The Labute approximate surface area is 126 Å². The number of hydrogen-bond acceptors (Lipinski definition) is 2. The molecule has 3 nitrogen and oxygen atoms in total. The summed E-state index contributed by atoms with van der Waals surface area (Å²) < 4.78 is 53.2. The van der Waals surface area contributed by atoms with Gasteiger partial charge in [0.25, 0.3) is 0 Å². The van der Waals surface area contributed by atoms with Gasteiger partial charge in [-0.05, 0) is 42.8 Å². The quantitative estimate of drug-likeness (QED) is 0.929. The number of benzene rings is 2. The van der Waals surface area contributed by atoms with Crippen LogP contribution in [-0.4, -0.2) is 8.42 Å². The lowest BCUT2D eigenvalue weighted by Gasteiger charge is -2.15. The number of rotatable bonds is 4. The molecular formula is C14H12ClF2NO2S. The smallest absolute Gasteiger partial charge is 0.207 e. The van der Waals surface area contributed by atoms with Gasteiger partial charge in [0.1, 0.15) is 16.5 Å². The molecule has 21 heavy (non-hydrogen) atoms. The van der Waals surface area contributed by atoms with Crippen LogP contribution >= 0.6 is 11.6 Å². The molecule has 7 heteroatoms. The van der Waals surface area contributed by atoms with Crippen molar-refractivity contribution in [2.75, 3.05) is 0 Å². The second kappa shape index (κ2) is 6.09. The molecule has 0 aliphatic rings. The zero-order valence-corrected chi connectivity index (χ0v) is 12.5. The number of hydrogen-bond donors (Lipinski definition) is 1. The average Bonchev–Trinajstić information content (AvgIpc) is 2.41. The fourth-order valence-electron chi connectivity index (χ4n) is 1.82. The fraction of sp³-hybridized carbons (Fsp3) is 0.143. The van der Waals surface area contributed by atoms with Gasteiger partial charge in [0.05, 0.1) is 0 Å². The first-order valence-corrected chi connectivity index (χ1v) is 7.88. The molecule has 112 valence electrons. The minimum atomic E-state index is -4.18. The van der Waals surface area contributed by atoms with E-state index in [9.17, 15) is 17.2 Å². The van der Waals surface area contributed by atoms with Gasteiger partial charge in [0.2, 0.25) is 10.0 Å². The summed E-state index contributed by atoms with van der Waals surface area (Å²) in [5.41, 5.74) is 0.614. The first-order valence-electron chi connectivity index (χ1n) is 6.02. The Morgan fingerprint density at radius 3 is 2.52 bits per heavy atom. The van der Waals surface area contributed by atoms with Crippen molar-refractivity contribution in [1.29, 1.82) is 0 Å². The highest BCUT2D eigenvalue weighted by molar-refractivity contribution is 7.89. The van der Waals surface area contributed by atoms with Crippen molar-refractivity contribution in [3.05, 3.63) is 64.7 Å². The van der Waals surface area contributed by atoms with Crippen LogP contribution in [0.3, 0.4) is 0 Å². The highest BCUT2D eigenvalue weighted by Crippen LogP contribution is 2.21. The number of sulfonamides is 1. The zero-order chi connectivity index (χ0) is 15.6. The molecule has 0 saturated carbocycles. The molecule has 0 fully saturated rings. The van der Waals surface area contributed by atoms with Gasteiger partial charge >= 0.3 is 0 Å². The summed E-state index contributed by atoms with van der Waals surface area (Å²) in [5.74, 6) is -1.84. The summed E-state index contributed by atoms with van der Waals surface area (Å²) in [7, 11) is -4.18. The van der Waals surface area contributed by atoms with Crippen molar-refractivity contribution in [3.8, 4) is 0 Å². The number of halogens is 3. The van der Waals surface area contributed by atoms with Crippen molar-refractivity contribution in [2.45, 2.75) is 17.9 Å². The lowest BCUT2D eigenvalue weighted by Crippen LogP contribution is -2.27. The van der Waals surface area contributed by atoms with E-state index in [4.69, 9.17) is 11.6 Å². The SMILES string of the molecule is C[C@@H](NS(=O)(=O)c1cc(F)ccc1F)c1cccc(Cl)c1. The molecule has 1 N–H and O–H groups in total. The van der Waals surface area contributed by atoms with Crippen LogP contribution in [0.25, 0.3) is 0 Å². The Morgan fingerprint density at radius 2 is 1.86 bits per heavy atom. The third-order valence-corrected chi connectivity index (χ3v) is 4.65. The first kappa shape index (κ1) is 15.9. The minimum Gasteiger partial charge on any atom is -0.207 e. The Kier molecular flexibility index (Phi) is 4.61. The summed E-state index contributed by atoms with van der Waals surface area (Å²) in [6.45, 7) is 1.58. The van der Waals surface area contributed by atoms with Crippen LogP contribution in [0.2, 0.25) is 5.02 Å². The lowest BCUT2D eigenvalue weighted by atomic mass is 10.1. The Balaban J connectivity index is 2.31. The van der Waals surface area contributed by atoms with Crippen molar-refractivity contribution in [3.63, 3.8) is 0 Å². The van der Waals surface area contributed by atoms with Gasteiger partial charge in [-0.3, -0.25) is 0 Å². The highest BCUT2D eigenvalue weighted by atomic mass is 35.5. The highest BCUT2D eigenvalue weighted by Gasteiger charge is 2.22. The van der Waals surface area contributed by atoms with E-state index < -0.39 is 32.6 Å². The summed E-state index contributed by atoms with van der Waals surface area (Å²) in [4.78, 5) is -0.726. The first-order chi connectivity index (χ1) is 9.79. The molecule has 2 aromatic rings. The van der Waals surface area contributed by atoms with Crippen LogP contribution in [-0.2, 0) is 10.0 Å². The molecule has 2 rings (SSSR count). The van der Waals surface area contributed by atoms with E-state index in [0.29, 0.717) is 16.7 Å². The molecule has 0 heterocycles. The van der Waals surface area contributed by atoms with Gasteiger partial charge in [-0.2, -0.15) is 0 Å². The van der Waals surface area contributed by atoms with Gasteiger partial charge in [-0.1, -0.05) is 23.7 Å². The van der Waals surface area contributed by atoms with Crippen molar-refractivity contribution >= 4 is 21.6 Å². The molecule has 0 amide bonds. The predicted octanol–water partition coefficient (Wildman–Crippen LogP) is 3.66. The third kappa shape index (κ3) is 3.78. The van der Waals surface area contributed by atoms with Crippen LogP contribution in [0.1, 0.15) is 18.5 Å². The maximum atomic E-state index is 13.6. The summed E-state index contributed by atoms with van der Waals surface area (Å²) >= 11 is 5.84. The van der Waals surface area contributed by atoms with Gasteiger partial charge in [0.15, 0.2) is 0 Å². The molecule has 0 bridgehead atoms. The van der Waals surface area contributed by atoms with Gasteiger partial charge < -0.3 is 0 Å². The van der Waals surface area contributed by atoms with E-state index in [1.54, 1.807) is 31.2 Å². The normalized spacial score (nSPS) is 13.1. The molecule has 0 radical (unpaired) electrons. The summed E-state index contributed by atoms with van der Waals surface area (Å²) in [5, 5.41) is 0.454. The van der Waals surface area contributed by atoms with Crippen LogP contribution in [0.4, 0.5) is 8.78 Å². The lowest BCUT2D eigenvalue weighted by molar-refractivity contribution is 0.538.